The van der Waals surface area contributed by atoms with Crippen molar-refractivity contribution in [1.29, 1.82) is 0 Å². The first-order valence-electron chi connectivity index (χ1n) is 5.33. The molecule has 1 nitrogen and oxygen atoms in total. The number of rotatable bonds is 4. The minimum absolute atomic E-state index is 0.332. The van der Waals surface area contributed by atoms with Crippen molar-refractivity contribution in [2.75, 3.05) is 0 Å². The molecule has 2 aromatic rings. The zero-order valence-corrected chi connectivity index (χ0v) is 10.3. The van der Waals surface area contributed by atoms with E-state index < -0.39 is 5.82 Å². The molecule has 0 fully saturated rings. The summed E-state index contributed by atoms with van der Waals surface area (Å²) in [5.41, 5.74) is 2.78. The predicted octanol–water partition coefficient (Wildman–Crippen LogP) is 3.62. The van der Waals surface area contributed by atoms with Crippen LogP contribution in [0.15, 0.2) is 29.0 Å². The quantitative estimate of drug-likeness (QED) is 0.877. The lowest BCUT2D eigenvalue weighted by Crippen LogP contribution is -2.14. The van der Waals surface area contributed by atoms with Gasteiger partial charge < -0.3 is 5.32 Å². The van der Waals surface area contributed by atoms with Gasteiger partial charge in [0.15, 0.2) is 0 Å². The van der Waals surface area contributed by atoms with Crippen LogP contribution in [0.3, 0.4) is 0 Å². The standard InChI is InChI=1S/C13H13F2NS/c1-9-7-17-8-11(9)6-16-5-10-4-12(14)2-3-13(10)15/h2-4,7-8,16H,5-6H2,1H3. The molecule has 0 radical (unpaired) electrons. The fourth-order valence-corrected chi connectivity index (χ4v) is 2.44. The topological polar surface area (TPSA) is 12.0 Å². The highest BCUT2D eigenvalue weighted by molar-refractivity contribution is 7.08. The van der Waals surface area contributed by atoms with Crippen molar-refractivity contribution >= 4 is 11.3 Å². The van der Waals surface area contributed by atoms with Gasteiger partial charge in [-0.2, -0.15) is 11.3 Å². The summed E-state index contributed by atoms with van der Waals surface area (Å²) in [6, 6.07) is 3.51. The Morgan fingerprint density at radius 3 is 2.59 bits per heavy atom. The fourth-order valence-electron chi connectivity index (χ4n) is 1.58. The maximum absolute atomic E-state index is 13.3. The van der Waals surface area contributed by atoms with E-state index in [1.807, 2.05) is 6.92 Å². The molecule has 0 bridgehead atoms. The van der Waals surface area contributed by atoms with E-state index in [2.05, 4.69) is 16.1 Å². The second-order valence-corrected chi connectivity index (χ2v) is 4.66. The minimum Gasteiger partial charge on any atom is -0.308 e. The molecule has 0 unspecified atom stereocenters. The molecular weight excluding hydrogens is 240 g/mol. The molecule has 0 saturated heterocycles. The number of aryl methyl sites for hydroxylation is 1. The summed E-state index contributed by atoms with van der Waals surface area (Å²) >= 11 is 1.64. The highest BCUT2D eigenvalue weighted by atomic mass is 32.1. The van der Waals surface area contributed by atoms with Crippen LogP contribution in [-0.4, -0.2) is 0 Å². The Labute approximate surface area is 103 Å². The van der Waals surface area contributed by atoms with Gasteiger partial charge in [-0.3, -0.25) is 0 Å². The molecular formula is C13H13F2NS. The van der Waals surface area contributed by atoms with Gasteiger partial charge in [0, 0.05) is 18.7 Å². The van der Waals surface area contributed by atoms with Crippen LogP contribution >= 0.6 is 11.3 Å². The zero-order chi connectivity index (χ0) is 12.3. The Morgan fingerprint density at radius 1 is 1.12 bits per heavy atom. The average molecular weight is 253 g/mol. The SMILES string of the molecule is Cc1cscc1CNCc1cc(F)ccc1F. The molecule has 0 spiro atoms. The molecule has 0 saturated carbocycles. The van der Waals surface area contributed by atoms with E-state index in [0.717, 1.165) is 12.1 Å². The summed E-state index contributed by atoms with van der Waals surface area (Å²) < 4.78 is 26.2. The van der Waals surface area contributed by atoms with Gasteiger partial charge in [-0.25, -0.2) is 8.78 Å². The minimum atomic E-state index is -0.407. The molecule has 0 atom stereocenters. The van der Waals surface area contributed by atoms with E-state index in [4.69, 9.17) is 0 Å². The van der Waals surface area contributed by atoms with Crippen LogP contribution in [0.4, 0.5) is 8.78 Å². The first-order chi connectivity index (χ1) is 8.16. The van der Waals surface area contributed by atoms with Crippen molar-refractivity contribution in [1.82, 2.24) is 5.32 Å². The fraction of sp³-hybridized carbons (Fsp3) is 0.231. The van der Waals surface area contributed by atoms with Crippen LogP contribution in [0.1, 0.15) is 16.7 Å². The van der Waals surface area contributed by atoms with E-state index >= 15 is 0 Å². The van der Waals surface area contributed by atoms with Crippen LogP contribution < -0.4 is 5.32 Å². The number of hydrogen-bond donors (Lipinski definition) is 1. The van der Waals surface area contributed by atoms with Gasteiger partial charge in [0.2, 0.25) is 0 Å². The Morgan fingerprint density at radius 2 is 1.88 bits per heavy atom. The van der Waals surface area contributed by atoms with Crippen molar-refractivity contribution in [2.45, 2.75) is 20.0 Å². The number of thiophene rings is 1. The van der Waals surface area contributed by atoms with E-state index in [1.165, 1.54) is 17.2 Å². The third kappa shape index (κ3) is 3.11. The first kappa shape index (κ1) is 12.2. The van der Waals surface area contributed by atoms with Gasteiger partial charge in [-0.15, -0.1) is 0 Å². The predicted molar refractivity (Wildman–Crippen MR) is 66.0 cm³/mol. The maximum Gasteiger partial charge on any atom is 0.127 e. The van der Waals surface area contributed by atoms with Gasteiger partial charge in [0.05, 0.1) is 0 Å². The molecule has 90 valence electrons. The number of nitrogens with one attached hydrogen (secondary N) is 1. The summed E-state index contributed by atoms with van der Waals surface area (Å²) in [4.78, 5) is 0. The molecule has 2 rings (SSSR count). The maximum atomic E-state index is 13.3. The van der Waals surface area contributed by atoms with Gasteiger partial charge in [0.25, 0.3) is 0 Å². The third-order valence-corrected chi connectivity index (χ3v) is 3.51. The van der Waals surface area contributed by atoms with Gasteiger partial charge in [-0.05, 0) is 47.0 Å². The molecule has 0 aliphatic heterocycles. The molecule has 1 aromatic carbocycles. The summed E-state index contributed by atoms with van der Waals surface area (Å²) in [5.74, 6) is -0.782. The van der Waals surface area contributed by atoms with Crippen molar-refractivity contribution in [3.8, 4) is 0 Å². The van der Waals surface area contributed by atoms with Crippen LogP contribution in [0, 0.1) is 18.6 Å². The van der Waals surface area contributed by atoms with Crippen LogP contribution in [0.25, 0.3) is 0 Å². The summed E-state index contributed by atoms with van der Waals surface area (Å²) in [6.07, 6.45) is 0. The van der Waals surface area contributed by atoms with Gasteiger partial charge in [0.1, 0.15) is 11.6 Å². The number of benzene rings is 1. The van der Waals surface area contributed by atoms with E-state index in [0.29, 0.717) is 18.7 Å². The lowest BCUT2D eigenvalue weighted by atomic mass is 10.2. The van der Waals surface area contributed by atoms with Crippen molar-refractivity contribution in [2.24, 2.45) is 0 Å². The van der Waals surface area contributed by atoms with E-state index in [9.17, 15) is 8.78 Å². The average Bonchev–Trinajstić information content (AvgIpc) is 2.70. The smallest absolute Gasteiger partial charge is 0.127 e. The molecule has 0 amide bonds. The Kier molecular flexibility index (Phi) is 3.86. The Hall–Kier alpha value is -1.26. The highest BCUT2D eigenvalue weighted by Crippen LogP contribution is 2.14. The van der Waals surface area contributed by atoms with Crippen LogP contribution in [-0.2, 0) is 13.1 Å². The van der Waals surface area contributed by atoms with Crippen molar-refractivity contribution < 1.29 is 8.78 Å². The molecule has 17 heavy (non-hydrogen) atoms. The van der Waals surface area contributed by atoms with E-state index in [-0.39, 0.29) is 5.82 Å². The molecule has 0 aliphatic carbocycles. The normalized spacial score (nSPS) is 10.8. The number of halogens is 2. The third-order valence-electron chi connectivity index (χ3n) is 2.60. The highest BCUT2D eigenvalue weighted by Gasteiger charge is 2.04. The van der Waals surface area contributed by atoms with Crippen LogP contribution in [0.2, 0.25) is 0 Å². The van der Waals surface area contributed by atoms with Crippen molar-refractivity contribution in [3.63, 3.8) is 0 Å². The number of hydrogen-bond acceptors (Lipinski definition) is 2. The summed E-state index contributed by atoms with van der Waals surface area (Å²) in [5, 5.41) is 7.24. The summed E-state index contributed by atoms with van der Waals surface area (Å²) in [7, 11) is 0. The molecule has 0 aliphatic rings. The Balaban J connectivity index is 1.94. The van der Waals surface area contributed by atoms with Crippen molar-refractivity contribution in [3.05, 3.63) is 57.3 Å². The molecule has 1 aromatic heterocycles. The molecule has 4 heteroatoms. The van der Waals surface area contributed by atoms with Crippen LogP contribution in [0.5, 0.6) is 0 Å². The lowest BCUT2D eigenvalue weighted by Gasteiger charge is -2.06. The van der Waals surface area contributed by atoms with Gasteiger partial charge >= 0.3 is 0 Å². The van der Waals surface area contributed by atoms with Gasteiger partial charge in [-0.1, -0.05) is 0 Å². The molecule has 1 heterocycles. The Bertz CT molecular complexity index is 508. The monoisotopic (exact) mass is 253 g/mol. The largest absolute Gasteiger partial charge is 0.308 e. The lowest BCUT2D eigenvalue weighted by molar-refractivity contribution is 0.568. The zero-order valence-electron chi connectivity index (χ0n) is 9.47. The summed E-state index contributed by atoms with van der Waals surface area (Å²) in [6.45, 7) is 3.04. The molecule has 1 N–H and O–H groups in total. The van der Waals surface area contributed by atoms with E-state index in [1.54, 1.807) is 11.3 Å². The second-order valence-electron chi connectivity index (χ2n) is 3.92. The first-order valence-corrected chi connectivity index (χ1v) is 6.27. The second kappa shape index (κ2) is 5.38.